The Morgan fingerprint density at radius 1 is 1.26 bits per heavy atom. The van der Waals surface area contributed by atoms with Gasteiger partial charge < -0.3 is 4.52 Å². The van der Waals surface area contributed by atoms with Gasteiger partial charge in [0, 0.05) is 10.6 Å². The average molecular weight is 277 g/mol. The minimum atomic E-state index is 0.293. The van der Waals surface area contributed by atoms with Gasteiger partial charge in [0.15, 0.2) is 5.82 Å². The molecule has 0 amide bonds. The van der Waals surface area contributed by atoms with Gasteiger partial charge in [-0.05, 0) is 36.4 Å². The minimum Gasteiger partial charge on any atom is -0.337 e. The number of hydrogen-bond acceptors (Lipinski definition) is 6. The Bertz CT molecular complexity index is 689. The number of tetrazole rings is 1. The van der Waals surface area contributed by atoms with E-state index in [4.69, 9.17) is 16.1 Å². The SMILES string of the molecule is Cc1noc(Cn2nnc(-c3ccc(Cl)cc3)n2)n1. The van der Waals surface area contributed by atoms with Gasteiger partial charge in [-0.1, -0.05) is 16.8 Å². The van der Waals surface area contributed by atoms with Crippen molar-refractivity contribution in [2.75, 3.05) is 0 Å². The van der Waals surface area contributed by atoms with Crippen molar-refractivity contribution in [2.45, 2.75) is 13.5 Å². The summed E-state index contributed by atoms with van der Waals surface area (Å²) in [7, 11) is 0. The van der Waals surface area contributed by atoms with Crippen LogP contribution < -0.4 is 0 Å². The second kappa shape index (κ2) is 4.77. The van der Waals surface area contributed by atoms with Crippen molar-refractivity contribution in [3.8, 4) is 11.4 Å². The van der Waals surface area contributed by atoms with Crippen LogP contribution in [-0.4, -0.2) is 30.3 Å². The Kier molecular flexibility index (Phi) is 2.96. The number of aromatic nitrogens is 6. The molecule has 0 aliphatic rings. The monoisotopic (exact) mass is 276 g/mol. The van der Waals surface area contributed by atoms with Gasteiger partial charge in [-0.2, -0.15) is 9.78 Å². The molecular formula is C11H9ClN6O. The van der Waals surface area contributed by atoms with Crippen molar-refractivity contribution in [3.05, 3.63) is 41.0 Å². The quantitative estimate of drug-likeness (QED) is 0.724. The summed E-state index contributed by atoms with van der Waals surface area (Å²) in [5.41, 5.74) is 0.845. The highest BCUT2D eigenvalue weighted by Crippen LogP contribution is 2.17. The van der Waals surface area contributed by atoms with Gasteiger partial charge in [-0.25, -0.2) is 0 Å². The van der Waals surface area contributed by atoms with E-state index in [9.17, 15) is 0 Å². The molecule has 0 N–H and O–H groups in total. The lowest BCUT2D eigenvalue weighted by molar-refractivity contribution is 0.353. The number of rotatable bonds is 3. The zero-order valence-corrected chi connectivity index (χ0v) is 10.7. The topological polar surface area (TPSA) is 82.5 Å². The lowest BCUT2D eigenvalue weighted by Gasteiger charge is -1.94. The second-order valence-electron chi connectivity index (χ2n) is 3.89. The maximum Gasteiger partial charge on any atom is 0.250 e. The molecule has 0 fully saturated rings. The van der Waals surface area contributed by atoms with Crippen LogP contribution in [0.4, 0.5) is 0 Å². The summed E-state index contributed by atoms with van der Waals surface area (Å²) in [5, 5.41) is 16.5. The molecule has 0 saturated carbocycles. The fraction of sp³-hybridized carbons (Fsp3) is 0.182. The van der Waals surface area contributed by atoms with E-state index in [-0.39, 0.29) is 0 Å². The van der Waals surface area contributed by atoms with E-state index in [1.54, 1.807) is 19.1 Å². The average Bonchev–Trinajstić information content (AvgIpc) is 3.00. The minimum absolute atomic E-state index is 0.293. The van der Waals surface area contributed by atoms with E-state index in [1.165, 1.54) is 4.80 Å². The lowest BCUT2D eigenvalue weighted by atomic mass is 10.2. The first-order valence-electron chi connectivity index (χ1n) is 5.53. The number of halogens is 1. The van der Waals surface area contributed by atoms with Gasteiger partial charge in [-0.15, -0.1) is 10.2 Å². The van der Waals surface area contributed by atoms with E-state index >= 15 is 0 Å². The van der Waals surface area contributed by atoms with E-state index in [2.05, 4.69) is 25.6 Å². The van der Waals surface area contributed by atoms with Gasteiger partial charge in [0.1, 0.15) is 6.54 Å². The predicted octanol–water partition coefficient (Wildman–Crippen LogP) is 1.73. The zero-order chi connectivity index (χ0) is 13.2. The molecule has 2 heterocycles. The van der Waals surface area contributed by atoms with E-state index in [0.717, 1.165) is 5.56 Å². The number of nitrogens with zero attached hydrogens (tertiary/aromatic N) is 6. The number of hydrogen-bond donors (Lipinski definition) is 0. The van der Waals surface area contributed by atoms with E-state index < -0.39 is 0 Å². The molecule has 7 nitrogen and oxygen atoms in total. The largest absolute Gasteiger partial charge is 0.337 e. The molecule has 0 saturated heterocycles. The fourth-order valence-electron chi connectivity index (χ4n) is 1.55. The van der Waals surface area contributed by atoms with Crippen LogP contribution in [0.1, 0.15) is 11.7 Å². The summed E-state index contributed by atoms with van der Waals surface area (Å²) >= 11 is 5.82. The van der Waals surface area contributed by atoms with Gasteiger partial charge in [0.05, 0.1) is 0 Å². The summed E-state index contributed by atoms with van der Waals surface area (Å²) < 4.78 is 4.99. The molecule has 0 bridgehead atoms. The normalized spacial score (nSPS) is 10.8. The zero-order valence-electron chi connectivity index (χ0n) is 9.99. The Balaban J connectivity index is 1.81. The first-order chi connectivity index (χ1) is 9.20. The van der Waals surface area contributed by atoms with Gasteiger partial charge in [-0.3, -0.25) is 0 Å². The molecule has 0 aliphatic carbocycles. The first-order valence-corrected chi connectivity index (χ1v) is 5.91. The molecular weight excluding hydrogens is 268 g/mol. The van der Waals surface area contributed by atoms with E-state index in [1.807, 2.05) is 12.1 Å². The molecule has 2 aromatic heterocycles. The van der Waals surface area contributed by atoms with Crippen LogP contribution in [0.15, 0.2) is 28.8 Å². The predicted molar refractivity (Wildman–Crippen MR) is 66.4 cm³/mol. The van der Waals surface area contributed by atoms with Gasteiger partial charge in [0.2, 0.25) is 11.7 Å². The summed E-state index contributed by atoms with van der Waals surface area (Å²) in [6, 6.07) is 7.22. The molecule has 0 aliphatic heterocycles. The van der Waals surface area contributed by atoms with Crippen molar-refractivity contribution in [3.63, 3.8) is 0 Å². The highest BCUT2D eigenvalue weighted by molar-refractivity contribution is 6.30. The molecule has 0 atom stereocenters. The summed E-state index contributed by atoms with van der Waals surface area (Å²) in [6.45, 7) is 2.04. The first kappa shape index (κ1) is 11.8. The van der Waals surface area contributed by atoms with Crippen LogP contribution in [0, 0.1) is 6.92 Å². The van der Waals surface area contributed by atoms with Crippen LogP contribution in [0.2, 0.25) is 5.02 Å². The van der Waals surface area contributed by atoms with Crippen molar-refractivity contribution < 1.29 is 4.52 Å². The van der Waals surface area contributed by atoms with Crippen LogP contribution in [0.25, 0.3) is 11.4 Å². The molecule has 1 aromatic carbocycles. The highest BCUT2D eigenvalue weighted by atomic mass is 35.5. The standard InChI is InChI=1S/C11H9ClN6O/c1-7-13-10(19-16-7)6-18-15-11(14-17-18)8-2-4-9(12)5-3-8/h2-5H,6H2,1H3. The number of benzene rings is 1. The van der Waals surface area contributed by atoms with Crippen molar-refractivity contribution in [1.82, 2.24) is 30.3 Å². The van der Waals surface area contributed by atoms with Crippen molar-refractivity contribution in [1.29, 1.82) is 0 Å². The Morgan fingerprint density at radius 3 is 2.74 bits per heavy atom. The second-order valence-corrected chi connectivity index (χ2v) is 4.32. The summed E-state index contributed by atoms with van der Waals surface area (Å²) in [5.74, 6) is 1.54. The maximum atomic E-state index is 5.82. The molecule has 3 aromatic rings. The van der Waals surface area contributed by atoms with Crippen LogP contribution in [-0.2, 0) is 6.54 Å². The number of aryl methyl sites for hydroxylation is 1. The third-order valence-electron chi connectivity index (χ3n) is 2.40. The van der Waals surface area contributed by atoms with Gasteiger partial charge >= 0.3 is 0 Å². The highest BCUT2D eigenvalue weighted by Gasteiger charge is 2.09. The fourth-order valence-corrected chi connectivity index (χ4v) is 1.68. The van der Waals surface area contributed by atoms with E-state index in [0.29, 0.717) is 29.1 Å². The Morgan fingerprint density at radius 2 is 2.05 bits per heavy atom. The Labute approximate surface area is 113 Å². The molecule has 96 valence electrons. The molecule has 8 heteroatoms. The molecule has 0 radical (unpaired) electrons. The lowest BCUT2D eigenvalue weighted by Crippen LogP contribution is -2.04. The molecule has 0 spiro atoms. The molecule has 3 rings (SSSR count). The van der Waals surface area contributed by atoms with Crippen molar-refractivity contribution >= 4 is 11.6 Å². The van der Waals surface area contributed by atoms with Gasteiger partial charge in [0.25, 0.3) is 0 Å². The van der Waals surface area contributed by atoms with Crippen LogP contribution in [0.3, 0.4) is 0 Å². The third-order valence-corrected chi connectivity index (χ3v) is 2.65. The maximum absolute atomic E-state index is 5.82. The molecule has 19 heavy (non-hydrogen) atoms. The smallest absolute Gasteiger partial charge is 0.250 e. The van der Waals surface area contributed by atoms with Crippen molar-refractivity contribution in [2.24, 2.45) is 0 Å². The third kappa shape index (κ3) is 2.60. The molecule has 0 unspecified atom stereocenters. The Hall–Kier alpha value is -2.28. The summed E-state index contributed by atoms with van der Waals surface area (Å²) in [4.78, 5) is 5.48. The summed E-state index contributed by atoms with van der Waals surface area (Å²) in [6.07, 6.45) is 0. The van der Waals surface area contributed by atoms with Crippen LogP contribution in [0.5, 0.6) is 0 Å². The van der Waals surface area contributed by atoms with Crippen LogP contribution >= 0.6 is 11.6 Å².